The summed E-state index contributed by atoms with van der Waals surface area (Å²) < 4.78 is 27.7. The van der Waals surface area contributed by atoms with Gasteiger partial charge < -0.3 is 5.73 Å². The first-order valence-electron chi connectivity index (χ1n) is 7.70. The van der Waals surface area contributed by atoms with Gasteiger partial charge in [0.2, 0.25) is 0 Å². The van der Waals surface area contributed by atoms with E-state index in [0.717, 1.165) is 31.6 Å². The molecule has 2 aromatic rings. The molecule has 3 N–H and O–H groups in total. The summed E-state index contributed by atoms with van der Waals surface area (Å²) in [5, 5.41) is 0. The zero-order valence-corrected chi connectivity index (χ0v) is 13.9. The van der Waals surface area contributed by atoms with Crippen molar-refractivity contribution >= 4 is 21.4 Å². The fourth-order valence-electron chi connectivity index (χ4n) is 2.79. The second kappa shape index (κ2) is 6.22. The van der Waals surface area contributed by atoms with Crippen molar-refractivity contribution in [2.24, 2.45) is 0 Å². The molecule has 5 nitrogen and oxygen atoms in total. The number of likely N-dealkylation sites (N-methyl/N-ethyl adjacent to an activating group) is 1. The highest BCUT2D eigenvalue weighted by Crippen LogP contribution is 2.24. The third-order valence-corrected chi connectivity index (χ3v) is 5.57. The van der Waals surface area contributed by atoms with Crippen molar-refractivity contribution < 1.29 is 8.42 Å². The van der Waals surface area contributed by atoms with E-state index in [1.165, 1.54) is 5.56 Å². The average molecular weight is 331 g/mol. The molecule has 0 radical (unpaired) electrons. The average Bonchev–Trinajstić information content (AvgIpc) is 2.55. The number of nitrogen functional groups attached to an aromatic ring is 1. The summed E-state index contributed by atoms with van der Waals surface area (Å²) in [5.41, 5.74) is 9.06. The second-order valence-electron chi connectivity index (χ2n) is 5.78. The summed E-state index contributed by atoms with van der Waals surface area (Å²) in [7, 11) is -3.59. The van der Waals surface area contributed by atoms with Crippen molar-refractivity contribution in [2.45, 2.75) is 24.8 Å². The molecule has 0 fully saturated rings. The van der Waals surface area contributed by atoms with Gasteiger partial charge in [-0.05, 0) is 60.5 Å². The Bertz CT molecular complexity index is 801. The molecule has 3 rings (SSSR count). The smallest absolute Gasteiger partial charge is 0.261 e. The van der Waals surface area contributed by atoms with Crippen LogP contribution in [-0.2, 0) is 23.0 Å². The maximum atomic E-state index is 12.6. The Balaban J connectivity index is 1.87. The minimum atomic E-state index is -3.59. The van der Waals surface area contributed by atoms with Crippen LogP contribution in [0.15, 0.2) is 47.4 Å². The van der Waals surface area contributed by atoms with Crippen LogP contribution in [0.2, 0.25) is 0 Å². The van der Waals surface area contributed by atoms with Crippen LogP contribution in [0.5, 0.6) is 0 Å². The highest BCUT2D eigenvalue weighted by molar-refractivity contribution is 7.92. The predicted octanol–water partition coefficient (Wildman–Crippen LogP) is 2.45. The van der Waals surface area contributed by atoms with Gasteiger partial charge in [0.05, 0.1) is 4.90 Å². The molecule has 0 saturated carbocycles. The fourth-order valence-corrected chi connectivity index (χ4v) is 3.90. The molecule has 0 atom stereocenters. The lowest BCUT2D eigenvalue weighted by molar-refractivity contribution is 0.268. The first-order chi connectivity index (χ1) is 11.0. The van der Waals surface area contributed by atoms with E-state index in [0.29, 0.717) is 16.3 Å². The minimum absolute atomic E-state index is 0.297. The van der Waals surface area contributed by atoms with Crippen LogP contribution in [0.3, 0.4) is 0 Å². The maximum absolute atomic E-state index is 12.6. The number of anilines is 2. The Morgan fingerprint density at radius 2 is 1.87 bits per heavy atom. The fraction of sp³-hybridized carbons (Fsp3) is 0.294. The topological polar surface area (TPSA) is 75.4 Å². The van der Waals surface area contributed by atoms with Gasteiger partial charge in [0.1, 0.15) is 0 Å². The minimum Gasteiger partial charge on any atom is -0.399 e. The van der Waals surface area contributed by atoms with E-state index in [9.17, 15) is 8.42 Å². The first-order valence-corrected chi connectivity index (χ1v) is 9.19. The third-order valence-electron chi connectivity index (χ3n) is 4.19. The summed E-state index contributed by atoms with van der Waals surface area (Å²) in [6.45, 7) is 4.92. The maximum Gasteiger partial charge on any atom is 0.261 e. The van der Waals surface area contributed by atoms with E-state index in [-0.39, 0.29) is 0 Å². The monoisotopic (exact) mass is 331 g/mol. The Hall–Kier alpha value is -2.05. The van der Waals surface area contributed by atoms with E-state index >= 15 is 0 Å². The molecular weight excluding hydrogens is 310 g/mol. The summed E-state index contributed by atoms with van der Waals surface area (Å²) in [5.74, 6) is 0. The Labute approximate surface area is 137 Å². The van der Waals surface area contributed by atoms with Gasteiger partial charge in [-0.2, -0.15) is 0 Å². The molecule has 2 aromatic carbocycles. The van der Waals surface area contributed by atoms with Crippen LogP contribution in [0.4, 0.5) is 11.4 Å². The lowest BCUT2D eigenvalue weighted by atomic mass is 10.00. The number of nitrogens with one attached hydrogen (secondary N) is 1. The van der Waals surface area contributed by atoms with Gasteiger partial charge in [-0.25, -0.2) is 8.42 Å². The Morgan fingerprint density at radius 1 is 1.13 bits per heavy atom. The van der Waals surface area contributed by atoms with E-state index < -0.39 is 10.0 Å². The van der Waals surface area contributed by atoms with Crippen LogP contribution in [-0.4, -0.2) is 26.4 Å². The quantitative estimate of drug-likeness (QED) is 0.844. The number of sulfonamides is 1. The van der Waals surface area contributed by atoms with Gasteiger partial charge in [0.15, 0.2) is 0 Å². The van der Waals surface area contributed by atoms with Gasteiger partial charge in [0.25, 0.3) is 10.0 Å². The summed E-state index contributed by atoms with van der Waals surface area (Å²) in [6, 6.07) is 12.1. The zero-order chi connectivity index (χ0) is 16.4. The molecular formula is C17H21N3O2S. The molecule has 0 unspecified atom stereocenters. The number of benzene rings is 2. The third kappa shape index (κ3) is 3.48. The van der Waals surface area contributed by atoms with Gasteiger partial charge in [-0.3, -0.25) is 9.62 Å². The van der Waals surface area contributed by atoms with E-state index in [4.69, 9.17) is 5.73 Å². The van der Waals surface area contributed by atoms with Crippen molar-refractivity contribution in [1.82, 2.24) is 4.90 Å². The molecule has 0 bridgehead atoms. The molecule has 0 saturated heterocycles. The summed E-state index contributed by atoms with van der Waals surface area (Å²) in [6.07, 6.45) is 0.967. The Kier molecular flexibility index (Phi) is 4.28. The molecule has 1 heterocycles. The van der Waals surface area contributed by atoms with Crippen LogP contribution < -0.4 is 10.5 Å². The van der Waals surface area contributed by atoms with Crippen molar-refractivity contribution in [3.8, 4) is 0 Å². The largest absolute Gasteiger partial charge is 0.399 e. The SMILES string of the molecule is CCN1CCc2ccc(S(=O)(=O)Nc3ccc(N)cc3)cc2C1. The van der Waals surface area contributed by atoms with Crippen molar-refractivity contribution in [3.05, 3.63) is 53.6 Å². The predicted molar refractivity (Wildman–Crippen MR) is 92.8 cm³/mol. The molecule has 0 aromatic heterocycles. The van der Waals surface area contributed by atoms with E-state index in [1.807, 2.05) is 6.07 Å². The van der Waals surface area contributed by atoms with E-state index in [1.54, 1.807) is 36.4 Å². The second-order valence-corrected chi connectivity index (χ2v) is 7.46. The normalized spacial score (nSPS) is 15.2. The van der Waals surface area contributed by atoms with Gasteiger partial charge in [-0.1, -0.05) is 13.0 Å². The number of fused-ring (bicyclic) bond motifs is 1. The van der Waals surface area contributed by atoms with Crippen molar-refractivity contribution in [2.75, 3.05) is 23.5 Å². The van der Waals surface area contributed by atoms with Crippen LogP contribution in [0, 0.1) is 0 Å². The van der Waals surface area contributed by atoms with Crippen LogP contribution in [0.1, 0.15) is 18.1 Å². The summed E-state index contributed by atoms with van der Waals surface area (Å²) >= 11 is 0. The van der Waals surface area contributed by atoms with Crippen molar-refractivity contribution in [3.63, 3.8) is 0 Å². The number of hydrogen-bond donors (Lipinski definition) is 2. The van der Waals surface area contributed by atoms with Gasteiger partial charge in [-0.15, -0.1) is 0 Å². The molecule has 23 heavy (non-hydrogen) atoms. The highest BCUT2D eigenvalue weighted by Gasteiger charge is 2.20. The number of rotatable bonds is 4. The molecule has 6 heteroatoms. The number of nitrogens with zero attached hydrogens (tertiary/aromatic N) is 1. The van der Waals surface area contributed by atoms with E-state index in [2.05, 4.69) is 16.5 Å². The molecule has 0 amide bonds. The molecule has 0 aliphatic carbocycles. The zero-order valence-electron chi connectivity index (χ0n) is 13.1. The Morgan fingerprint density at radius 3 is 2.57 bits per heavy atom. The lowest BCUT2D eigenvalue weighted by Gasteiger charge is -2.27. The summed E-state index contributed by atoms with van der Waals surface area (Å²) in [4.78, 5) is 2.61. The number of nitrogens with two attached hydrogens (primary N) is 1. The standard InChI is InChI=1S/C17H21N3O2S/c1-2-20-10-9-13-3-8-17(11-14(13)12-20)23(21,22)19-16-6-4-15(18)5-7-16/h3-8,11,19H,2,9-10,12,18H2,1H3. The van der Waals surface area contributed by atoms with Crippen LogP contribution >= 0.6 is 0 Å². The molecule has 0 spiro atoms. The highest BCUT2D eigenvalue weighted by atomic mass is 32.2. The number of hydrogen-bond acceptors (Lipinski definition) is 4. The lowest BCUT2D eigenvalue weighted by Crippen LogP contribution is -2.30. The van der Waals surface area contributed by atoms with Crippen LogP contribution in [0.25, 0.3) is 0 Å². The molecule has 122 valence electrons. The van der Waals surface area contributed by atoms with Gasteiger partial charge >= 0.3 is 0 Å². The van der Waals surface area contributed by atoms with Gasteiger partial charge in [0, 0.05) is 24.5 Å². The van der Waals surface area contributed by atoms with Crippen molar-refractivity contribution in [1.29, 1.82) is 0 Å². The molecule has 1 aliphatic heterocycles. The first kappa shape index (κ1) is 15.8. The molecule has 1 aliphatic rings.